The van der Waals surface area contributed by atoms with Crippen LogP contribution in [0.1, 0.15) is 23.2 Å². The molecule has 2 heterocycles. The molecule has 0 saturated carbocycles. The Bertz CT molecular complexity index is 431. The van der Waals surface area contributed by atoms with Crippen LogP contribution in [0, 0.1) is 2.88 Å². The Balaban J connectivity index is 2.18. The van der Waals surface area contributed by atoms with Crippen molar-refractivity contribution in [1.29, 1.82) is 0 Å². The molecule has 1 saturated heterocycles. The van der Waals surface area contributed by atoms with Gasteiger partial charge in [0.1, 0.15) is 6.04 Å². The van der Waals surface area contributed by atoms with Crippen LogP contribution in [0.3, 0.4) is 0 Å². The highest BCUT2D eigenvalue weighted by molar-refractivity contribution is 14.1. The van der Waals surface area contributed by atoms with E-state index < -0.39 is 12.0 Å². The van der Waals surface area contributed by atoms with E-state index in [1.807, 2.05) is 0 Å². The third-order valence-corrected chi connectivity index (χ3v) is 4.40. The van der Waals surface area contributed by atoms with Crippen molar-refractivity contribution in [3.05, 3.63) is 19.9 Å². The van der Waals surface area contributed by atoms with Gasteiger partial charge in [0.05, 0.1) is 8.45 Å². The normalized spacial score (nSPS) is 20.1. The second-order valence-corrected chi connectivity index (χ2v) is 6.44. The van der Waals surface area contributed by atoms with Crippen molar-refractivity contribution < 1.29 is 14.7 Å². The van der Waals surface area contributed by atoms with Crippen LogP contribution in [0.2, 0.25) is 0 Å². The first kappa shape index (κ1) is 11.8. The van der Waals surface area contributed by atoms with E-state index in [0.717, 1.165) is 9.30 Å². The molecular weight excluding hydrogens is 341 g/mol. The van der Waals surface area contributed by atoms with Crippen molar-refractivity contribution in [1.82, 2.24) is 4.90 Å². The Morgan fingerprint density at radius 3 is 2.88 bits per heavy atom. The highest BCUT2D eigenvalue weighted by Crippen LogP contribution is 2.23. The van der Waals surface area contributed by atoms with E-state index >= 15 is 0 Å². The van der Waals surface area contributed by atoms with Crippen molar-refractivity contribution in [2.45, 2.75) is 18.9 Å². The van der Waals surface area contributed by atoms with Crippen molar-refractivity contribution in [2.75, 3.05) is 6.54 Å². The first-order chi connectivity index (χ1) is 7.59. The summed E-state index contributed by atoms with van der Waals surface area (Å²) < 4.78 is 1.03. The molecule has 4 nitrogen and oxygen atoms in total. The smallest absolute Gasteiger partial charge is 0.326 e. The number of carboxylic acids is 1. The van der Waals surface area contributed by atoms with Crippen LogP contribution in [0.25, 0.3) is 0 Å². The lowest BCUT2D eigenvalue weighted by molar-refractivity contribution is -0.141. The molecule has 0 spiro atoms. The van der Waals surface area contributed by atoms with Crippen molar-refractivity contribution in [2.24, 2.45) is 0 Å². The van der Waals surface area contributed by atoms with E-state index in [1.54, 1.807) is 11.4 Å². The van der Waals surface area contributed by atoms with Crippen LogP contribution in [-0.2, 0) is 4.79 Å². The molecule has 2 rings (SSSR count). The number of aliphatic carboxylic acids is 1. The lowest BCUT2D eigenvalue weighted by Crippen LogP contribution is -2.40. The number of nitrogens with zero attached hydrogens (tertiary/aromatic N) is 1. The molecule has 0 aliphatic carbocycles. The number of amides is 1. The fourth-order valence-corrected chi connectivity index (χ4v) is 3.17. The zero-order valence-corrected chi connectivity index (χ0v) is 11.3. The molecule has 0 unspecified atom stereocenters. The van der Waals surface area contributed by atoms with Crippen LogP contribution in [0.5, 0.6) is 0 Å². The number of carboxylic acid groups (broad SMARTS) is 1. The van der Waals surface area contributed by atoms with E-state index in [4.69, 9.17) is 5.11 Å². The van der Waals surface area contributed by atoms with Gasteiger partial charge in [-0.25, -0.2) is 4.79 Å². The predicted molar refractivity (Wildman–Crippen MR) is 68.7 cm³/mol. The topological polar surface area (TPSA) is 57.6 Å². The van der Waals surface area contributed by atoms with Gasteiger partial charge in [-0.3, -0.25) is 4.79 Å². The number of thiophene rings is 1. The summed E-state index contributed by atoms with van der Waals surface area (Å²) in [7, 11) is 0. The lowest BCUT2D eigenvalue weighted by Gasteiger charge is -2.20. The number of hydrogen-bond donors (Lipinski definition) is 1. The van der Waals surface area contributed by atoms with Gasteiger partial charge in [-0.2, -0.15) is 0 Å². The Kier molecular flexibility index (Phi) is 3.48. The van der Waals surface area contributed by atoms with Crippen LogP contribution < -0.4 is 0 Å². The molecule has 1 fully saturated rings. The number of hydrogen-bond acceptors (Lipinski definition) is 3. The summed E-state index contributed by atoms with van der Waals surface area (Å²) in [6.45, 7) is 0.544. The minimum atomic E-state index is -0.907. The molecule has 0 aromatic carbocycles. The molecule has 1 atom stereocenters. The largest absolute Gasteiger partial charge is 0.480 e. The van der Waals surface area contributed by atoms with Crippen LogP contribution in [-0.4, -0.2) is 34.5 Å². The minimum Gasteiger partial charge on any atom is -0.480 e. The summed E-state index contributed by atoms with van der Waals surface area (Å²) in [6, 6.07) is 1.15. The Morgan fingerprint density at radius 2 is 2.31 bits per heavy atom. The van der Waals surface area contributed by atoms with Gasteiger partial charge in [-0.1, -0.05) is 0 Å². The first-order valence-corrected chi connectivity index (χ1v) is 6.83. The number of likely N-dealkylation sites (tertiary alicyclic amines) is 1. The molecule has 16 heavy (non-hydrogen) atoms. The van der Waals surface area contributed by atoms with Gasteiger partial charge in [-0.15, -0.1) is 11.3 Å². The van der Waals surface area contributed by atoms with E-state index in [2.05, 4.69) is 22.6 Å². The Hall–Kier alpha value is -0.630. The van der Waals surface area contributed by atoms with Crippen LogP contribution in [0.4, 0.5) is 0 Å². The molecule has 1 aromatic heterocycles. The zero-order chi connectivity index (χ0) is 11.7. The maximum atomic E-state index is 12.0. The van der Waals surface area contributed by atoms with Gasteiger partial charge in [-0.05, 0) is 41.5 Å². The maximum Gasteiger partial charge on any atom is 0.326 e. The summed E-state index contributed by atoms with van der Waals surface area (Å²) >= 11 is 3.64. The molecule has 1 aliphatic rings. The van der Waals surface area contributed by atoms with Gasteiger partial charge >= 0.3 is 5.97 Å². The number of carbonyl (C=O) groups is 2. The number of halogens is 1. The van der Waals surface area contributed by atoms with Crippen LogP contribution >= 0.6 is 33.9 Å². The summed E-state index contributed by atoms with van der Waals surface area (Å²) in [4.78, 5) is 24.5. The predicted octanol–water partition coefficient (Wildman–Crippen LogP) is 2.04. The Labute approximate surface area is 110 Å². The van der Waals surface area contributed by atoms with Crippen molar-refractivity contribution in [3.8, 4) is 0 Å². The SMILES string of the molecule is O=C(O)[C@@H]1CCCN1C(=O)c1csc(I)c1. The number of rotatable bonds is 2. The van der Waals surface area contributed by atoms with Gasteiger partial charge in [0.2, 0.25) is 0 Å². The fraction of sp³-hybridized carbons (Fsp3) is 0.400. The third kappa shape index (κ3) is 2.22. The van der Waals surface area contributed by atoms with E-state index in [0.29, 0.717) is 18.5 Å². The first-order valence-electron chi connectivity index (χ1n) is 4.87. The molecule has 0 bridgehead atoms. The average Bonchev–Trinajstić information content (AvgIpc) is 2.84. The summed E-state index contributed by atoms with van der Waals surface area (Å²) in [5.41, 5.74) is 0.600. The second-order valence-electron chi connectivity index (χ2n) is 3.63. The molecule has 1 aliphatic heterocycles. The Morgan fingerprint density at radius 1 is 1.56 bits per heavy atom. The molecule has 0 radical (unpaired) electrons. The molecule has 1 aromatic rings. The van der Waals surface area contributed by atoms with Crippen molar-refractivity contribution in [3.63, 3.8) is 0 Å². The minimum absolute atomic E-state index is 0.163. The fourth-order valence-electron chi connectivity index (χ4n) is 1.85. The monoisotopic (exact) mass is 351 g/mol. The molecule has 1 amide bonds. The lowest BCUT2D eigenvalue weighted by atomic mass is 10.2. The zero-order valence-electron chi connectivity index (χ0n) is 8.35. The molecule has 6 heteroatoms. The van der Waals surface area contributed by atoms with E-state index in [-0.39, 0.29) is 5.91 Å². The summed E-state index contributed by atoms with van der Waals surface area (Å²) in [5.74, 6) is -1.07. The highest BCUT2D eigenvalue weighted by Gasteiger charge is 2.34. The van der Waals surface area contributed by atoms with Crippen LogP contribution in [0.15, 0.2) is 11.4 Å². The quantitative estimate of drug-likeness (QED) is 0.830. The van der Waals surface area contributed by atoms with Gasteiger partial charge < -0.3 is 10.0 Å². The number of carbonyl (C=O) groups excluding carboxylic acids is 1. The standard InChI is InChI=1S/C10H10INO3S/c11-8-4-6(5-16-8)9(13)12-3-1-2-7(12)10(14)15/h4-5,7H,1-3H2,(H,14,15)/t7-/m0/s1. The molecular formula is C10H10INO3S. The van der Waals surface area contributed by atoms with Gasteiger partial charge in [0.25, 0.3) is 5.91 Å². The van der Waals surface area contributed by atoms with Gasteiger partial charge in [0, 0.05) is 11.9 Å². The molecule has 86 valence electrons. The second kappa shape index (κ2) is 4.70. The van der Waals surface area contributed by atoms with Crippen molar-refractivity contribution >= 4 is 45.8 Å². The van der Waals surface area contributed by atoms with E-state index in [1.165, 1.54) is 16.2 Å². The summed E-state index contributed by atoms with van der Waals surface area (Å²) in [5, 5.41) is 10.8. The van der Waals surface area contributed by atoms with Gasteiger partial charge in [0.15, 0.2) is 0 Å². The highest BCUT2D eigenvalue weighted by atomic mass is 127. The average molecular weight is 351 g/mol. The van der Waals surface area contributed by atoms with E-state index in [9.17, 15) is 9.59 Å². The summed E-state index contributed by atoms with van der Waals surface area (Å²) in [6.07, 6.45) is 1.33. The molecule has 1 N–H and O–H groups in total. The maximum absolute atomic E-state index is 12.0. The third-order valence-electron chi connectivity index (χ3n) is 2.61.